The third-order valence-corrected chi connectivity index (χ3v) is 2.02. The highest BCUT2D eigenvalue weighted by atomic mass is 16.1. The lowest BCUT2D eigenvalue weighted by Gasteiger charge is -1.98. The van der Waals surface area contributed by atoms with Crippen molar-refractivity contribution in [3.05, 3.63) is 42.0 Å². The first-order chi connectivity index (χ1) is 6.20. The number of carbonyl (C=O) groups excluding carboxylic acids is 1. The first-order valence-corrected chi connectivity index (χ1v) is 4.44. The van der Waals surface area contributed by atoms with E-state index in [-0.39, 0.29) is 11.7 Å². The molecule has 1 rings (SSSR count). The molecular weight excluding hydrogens is 160 g/mol. The van der Waals surface area contributed by atoms with Gasteiger partial charge in [0.25, 0.3) is 0 Å². The number of ketones is 1. The summed E-state index contributed by atoms with van der Waals surface area (Å²) in [5.74, 6) is 0.215. The number of hydrogen-bond acceptors (Lipinski definition) is 1. The predicted molar refractivity (Wildman–Crippen MR) is 55.3 cm³/mol. The van der Waals surface area contributed by atoms with Crippen LogP contribution in [0, 0.1) is 5.92 Å². The summed E-state index contributed by atoms with van der Waals surface area (Å²) in [4.78, 5) is 10.9. The lowest BCUT2D eigenvalue weighted by atomic mass is 10.1. The van der Waals surface area contributed by atoms with Crippen molar-refractivity contribution in [1.82, 2.24) is 0 Å². The van der Waals surface area contributed by atoms with Crippen LogP contribution in [0.5, 0.6) is 0 Å². The van der Waals surface area contributed by atoms with E-state index in [9.17, 15) is 4.79 Å². The Balaban J connectivity index is 2.64. The van der Waals surface area contributed by atoms with Gasteiger partial charge in [0.1, 0.15) is 5.78 Å². The highest BCUT2D eigenvalue weighted by Crippen LogP contribution is 2.05. The second-order valence-corrected chi connectivity index (χ2v) is 3.17. The predicted octanol–water partition coefficient (Wildman–Crippen LogP) is 2.92. The Morgan fingerprint density at radius 2 is 1.92 bits per heavy atom. The van der Waals surface area contributed by atoms with Gasteiger partial charge in [-0.1, -0.05) is 49.4 Å². The van der Waals surface area contributed by atoms with Gasteiger partial charge in [-0.05, 0) is 12.5 Å². The quantitative estimate of drug-likeness (QED) is 0.688. The molecule has 1 heteroatoms. The Bertz CT molecular complexity index is 298. The van der Waals surface area contributed by atoms with Crippen molar-refractivity contribution in [1.29, 1.82) is 0 Å². The molecule has 0 amide bonds. The minimum Gasteiger partial charge on any atom is -0.299 e. The number of hydrogen-bond donors (Lipinski definition) is 0. The van der Waals surface area contributed by atoms with Gasteiger partial charge >= 0.3 is 0 Å². The van der Waals surface area contributed by atoms with Crippen molar-refractivity contribution < 1.29 is 4.79 Å². The van der Waals surface area contributed by atoms with Gasteiger partial charge in [-0.2, -0.15) is 0 Å². The maximum atomic E-state index is 10.9. The van der Waals surface area contributed by atoms with E-state index in [0.29, 0.717) is 0 Å². The Labute approximate surface area is 79.1 Å². The van der Waals surface area contributed by atoms with Gasteiger partial charge in [-0.15, -0.1) is 0 Å². The number of rotatable bonds is 3. The molecule has 0 aliphatic rings. The van der Waals surface area contributed by atoms with Crippen LogP contribution >= 0.6 is 0 Å². The summed E-state index contributed by atoms with van der Waals surface area (Å²) in [7, 11) is 0. The summed E-state index contributed by atoms with van der Waals surface area (Å²) in [5.41, 5.74) is 1.13. The monoisotopic (exact) mass is 174 g/mol. The molecule has 68 valence electrons. The molecule has 0 aliphatic heterocycles. The van der Waals surface area contributed by atoms with Gasteiger partial charge in [-0.25, -0.2) is 0 Å². The molecule has 0 saturated heterocycles. The third-order valence-electron chi connectivity index (χ3n) is 2.02. The molecule has 1 atom stereocenters. The zero-order valence-electron chi connectivity index (χ0n) is 8.03. The molecule has 0 radical (unpaired) electrons. The Morgan fingerprint density at radius 3 is 2.46 bits per heavy atom. The first-order valence-electron chi connectivity index (χ1n) is 4.44. The van der Waals surface area contributed by atoms with E-state index < -0.39 is 0 Å². The summed E-state index contributed by atoms with van der Waals surface area (Å²) < 4.78 is 0. The van der Waals surface area contributed by atoms with Crippen LogP contribution in [-0.4, -0.2) is 5.78 Å². The fourth-order valence-corrected chi connectivity index (χ4v) is 0.955. The molecule has 13 heavy (non-hydrogen) atoms. The van der Waals surface area contributed by atoms with Crippen LogP contribution < -0.4 is 0 Å². The molecule has 0 N–H and O–H groups in total. The van der Waals surface area contributed by atoms with Gasteiger partial charge in [0.2, 0.25) is 0 Å². The molecule has 1 nitrogen and oxygen atoms in total. The Morgan fingerprint density at radius 1 is 1.31 bits per heavy atom. The standard InChI is InChI=1S/C12H14O/c1-10(11(2)13)8-9-12-6-4-3-5-7-12/h3-10H,1-2H3/b9-8+. The normalized spacial score (nSPS) is 13.1. The van der Waals surface area contributed by atoms with Crippen molar-refractivity contribution in [3.8, 4) is 0 Å². The van der Waals surface area contributed by atoms with Crippen LogP contribution in [0.3, 0.4) is 0 Å². The van der Waals surface area contributed by atoms with E-state index in [4.69, 9.17) is 0 Å². The molecule has 0 saturated carbocycles. The van der Waals surface area contributed by atoms with Gasteiger partial charge in [0, 0.05) is 5.92 Å². The third kappa shape index (κ3) is 3.24. The van der Waals surface area contributed by atoms with E-state index in [1.54, 1.807) is 6.92 Å². The Kier molecular flexibility index (Phi) is 3.44. The van der Waals surface area contributed by atoms with Crippen molar-refractivity contribution in [2.24, 2.45) is 5.92 Å². The molecule has 1 unspecified atom stereocenters. The van der Waals surface area contributed by atoms with E-state index in [1.807, 2.05) is 49.4 Å². The van der Waals surface area contributed by atoms with Crippen LogP contribution in [0.25, 0.3) is 6.08 Å². The minimum absolute atomic E-state index is 0.0141. The van der Waals surface area contributed by atoms with E-state index in [1.165, 1.54) is 0 Å². The van der Waals surface area contributed by atoms with E-state index >= 15 is 0 Å². The molecule has 0 aliphatic carbocycles. The largest absolute Gasteiger partial charge is 0.299 e. The molecule has 0 bridgehead atoms. The number of allylic oxidation sites excluding steroid dienone is 1. The summed E-state index contributed by atoms with van der Waals surface area (Å²) in [6.45, 7) is 3.52. The zero-order chi connectivity index (χ0) is 9.68. The van der Waals surface area contributed by atoms with Crippen LogP contribution in [0.2, 0.25) is 0 Å². The van der Waals surface area contributed by atoms with Crippen molar-refractivity contribution >= 4 is 11.9 Å². The summed E-state index contributed by atoms with van der Waals surface area (Å²) in [5, 5.41) is 0. The summed E-state index contributed by atoms with van der Waals surface area (Å²) >= 11 is 0. The highest BCUT2D eigenvalue weighted by Gasteiger charge is 2.00. The van der Waals surface area contributed by atoms with Gasteiger partial charge in [0.15, 0.2) is 0 Å². The van der Waals surface area contributed by atoms with Crippen LogP contribution in [0.1, 0.15) is 19.4 Å². The average Bonchev–Trinajstić information content (AvgIpc) is 2.15. The molecular formula is C12H14O. The van der Waals surface area contributed by atoms with Crippen LogP contribution in [0.4, 0.5) is 0 Å². The zero-order valence-corrected chi connectivity index (χ0v) is 8.03. The lowest BCUT2D eigenvalue weighted by Crippen LogP contribution is -2.01. The van der Waals surface area contributed by atoms with Gasteiger partial charge in [-0.3, -0.25) is 4.79 Å². The molecule has 0 aromatic heterocycles. The molecule has 1 aromatic rings. The second-order valence-electron chi connectivity index (χ2n) is 3.17. The molecule has 0 fully saturated rings. The summed E-state index contributed by atoms with van der Waals surface area (Å²) in [6.07, 6.45) is 3.91. The van der Waals surface area contributed by atoms with Crippen molar-refractivity contribution in [2.45, 2.75) is 13.8 Å². The minimum atomic E-state index is 0.0141. The average molecular weight is 174 g/mol. The van der Waals surface area contributed by atoms with Crippen LogP contribution in [-0.2, 0) is 4.79 Å². The van der Waals surface area contributed by atoms with Crippen molar-refractivity contribution in [2.75, 3.05) is 0 Å². The molecule has 0 spiro atoms. The SMILES string of the molecule is CC(=O)C(C)/C=C/c1ccccc1. The molecule has 1 aromatic carbocycles. The number of Topliss-reactive ketones (excluding diaryl/α,β-unsaturated/α-hetero) is 1. The topological polar surface area (TPSA) is 17.1 Å². The second kappa shape index (κ2) is 4.61. The highest BCUT2D eigenvalue weighted by molar-refractivity contribution is 5.80. The van der Waals surface area contributed by atoms with Gasteiger partial charge in [0.05, 0.1) is 0 Å². The number of carbonyl (C=O) groups is 1. The maximum Gasteiger partial charge on any atom is 0.136 e. The number of benzene rings is 1. The Hall–Kier alpha value is -1.37. The van der Waals surface area contributed by atoms with E-state index in [2.05, 4.69) is 0 Å². The fraction of sp³-hybridized carbons (Fsp3) is 0.250. The van der Waals surface area contributed by atoms with E-state index in [0.717, 1.165) is 5.56 Å². The summed E-state index contributed by atoms with van der Waals surface area (Å²) in [6, 6.07) is 9.98. The van der Waals surface area contributed by atoms with Gasteiger partial charge < -0.3 is 0 Å². The molecule has 0 heterocycles. The van der Waals surface area contributed by atoms with Crippen LogP contribution in [0.15, 0.2) is 36.4 Å². The first kappa shape index (κ1) is 9.72. The smallest absolute Gasteiger partial charge is 0.136 e. The van der Waals surface area contributed by atoms with Crippen molar-refractivity contribution in [3.63, 3.8) is 0 Å². The lowest BCUT2D eigenvalue weighted by molar-refractivity contribution is -0.118. The maximum absolute atomic E-state index is 10.9. The fourth-order valence-electron chi connectivity index (χ4n) is 0.955.